The summed E-state index contributed by atoms with van der Waals surface area (Å²) in [5.74, 6) is 0. The number of aromatic nitrogens is 2. The Kier molecular flexibility index (Phi) is 3.56. The van der Waals surface area contributed by atoms with Crippen molar-refractivity contribution in [1.29, 1.82) is 0 Å². The van der Waals surface area contributed by atoms with E-state index in [1.54, 1.807) is 0 Å². The summed E-state index contributed by atoms with van der Waals surface area (Å²) in [4.78, 5) is 0. The first-order chi connectivity index (χ1) is 7.38. The normalized spacial score (nSPS) is 20.7. The molecule has 82 valence electrons. The number of nitrogens with zero attached hydrogens (tertiary/aromatic N) is 2. The summed E-state index contributed by atoms with van der Waals surface area (Å²) in [5, 5.41) is 7.83. The Labute approximate surface area is 91.2 Å². The first-order valence-electron chi connectivity index (χ1n) is 5.78. The third-order valence-corrected chi connectivity index (χ3v) is 2.87. The van der Waals surface area contributed by atoms with E-state index in [9.17, 15) is 0 Å². The smallest absolute Gasteiger partial charge is 0.0534 e. The summed E-state index contributed by atoms with van der Waals surface area (Å²) >= 11 is 0. The van der Waals surface area contributed by atoms with Crippen LogP contribution in [0.1, 0.15) is 31.7 Å². The Morgan fingerprint density at radius 1 is 1.53 bits per heavy atom. The van der Waals surface area contributed by atoms with E-state index in [4.69, 9.17) is 0 Å². The van der Waals surface area contributed by atoms with Crippen molar-refractivity contribution in [2.45, 2.75) is 45.3 Å². The fourth-order valence-electron chi connectivity index (χ4n) is 1.91. The van der Waals surface area contributed by atoms with E-state index in [1.807, 2.05) is 10.9 Å². The molecule has 0 fully saturated rings. The average Bonchev–Trinajstić information content (AvgIpc) is 2.76. The van der Waals surface area contributed by atoms with E-state index in [0.29, 0.717) is 6.04 Å². The summed E-state index contributed by atoms with van der Waals surface area (Å²) in [5.41, 5.74) is 1.28. The SMILES string of the molecule is CCn1cc(CNC2CC=CCC2)cn1. The van der Waals surface area contributed by atoms with Crippen LogP contribution in [0.3, 0.4) is 0 Å². The molecule has 1 aliphatic carbocycles. The highest BCUT2D eigenvalue weighted by molar-refractivity contribution is 5.04. The monoisotopic (exact) mass is 205 g/mol. The van der Waals surface area contributed by atoms with Gasteiger partial charge in [0.2, 0.25) is 0 Å². The third kappa shape index (κ3) is 2.93. The van der Waals surface area contributed by atoms with Gasteiger partial charge in [-0.15, -0.1) is 0 Å². The van der Waals surface area contributed by atoms with Gasteiger partial charge in [0.15, 0.2) is 0 Å². The lowest BCUT2D eigenvalue weighted by Gasteiger charge is -2.18. The fraction of sp³-hybridized carbons (Fsp3) is 0.583. The van der Waals surface area contributed by atoms with Crippen LogP contribution in [0.2, 0.25) is 0 Å². The van der Waals surface area contributed by atoms with Crippen LogP contribution in [0.15, 0.2) is 24.5 Å². The molecule has 15 heavy (non-hydrogen) atoms. The molecule has 1 unspecified atom stereocenters. The van der Waals surface area contributed by atoms with E-state index >= 15 is 0 Å². The van der Waals surface area contributed by atoms with Gasteiger partial charge in [-0.05, 0) is 26.2 Å². The second-order valence-electron chi connectivity index (χ2n) is 4.07. The van der Waals surface area contributed by atoms with E-state index in [-0.39, 0.29) is 0 Å². The highest BCUT2D eigenvalue weighted by Crippen LogP contribution is 2.11. The van der Waals surface area contributed by atoms with Crippen LogP contribution in [0, 0.1) is 0 Å². The van der Waals surface area contributed by atoms with Gasteiger partial charge >= 0.3 is 0 Å². The van der Waals surface area contributed by atoms with Gasteiger partial charge in [0, 0.05) is 30.9 Å². The first-order valence-corrected chi connectivity index (χ1v) is 5.78. The number of hydrogen-bond donors (Lipinski definition) is 1. The lowest BCUT2D eigenvalue weighted by Crippen LogP contribution is -2.28. The minimum atomic E-state index is 0.653. The standard InChI is InChI=1S/C12H19N3/c1-2-15-10-11(9-14-15)8-13-12-6-4-3-5-7-12/h3-4,9-10,12-13H,2,5-8H2,1H3. The molecule has 0 aromatic carbocycles. The predicted molar refractivity (Wildman–Crippen MR) is 61.5 cm³/mol. The lowest BCUT2D eigenvalue weighted by atomic mass is 10.0. The molecular weight excluding hydrogens is 186 g/mol. The summed E-state index contributed by atoms with van der Waals surface area (Å²) in [7, 11) is 0. The maximum atomic E-state index is 4.26. The molecule has 0 saturated heterocycles. The van der Waals surface area contributed by atoms with Gasteiger partial charge in [-0.1, -0.05) is 12.2 Å². The molecule has 0 radical (unpaired) electrons. The predicted octanol–water partition coefficient (Wildman–Crippen LogP) is 2.10. The number of hydrogen-bond acceptors (Lipinski definition) is 2. The van der Waals surface area contributed by atoms with Crippen LogP contribution in [0.25, 0.3) is 0 Å². The van der Waals surface area contributed by atoms with Gasteiger partial charge in [-0.2, -0.15) is 5.10 Å². The molecule has 0 aliphatic heterocycles. The van der Waals surface area contributed by atoms with Gasteiger partial charge in [0.05, 0.1) is 6.20 Å². The molecule has 1 aliphatic rings. The average molecular weight is 205 g/mol. The van der Waals surface area contributed by atoms with Crippen LogP contribution in [0.4, 0.5) is 0 Å². The molecule has 1 atom stereocenters. The highest BCUT2D eigenvalue weighted by atomic mass is 15.3. The van der Waals surface area contributed by atoms with Gasteiger partial charge in [0.25, 0.3) is 0 Å². The van der Waals surface area contributed by atoms with Crippen molar-refractivity contribution in [3.63, 3.8) is 0 Å². The van der Waals surface area contributed by atoms with Crippen molar-refractivity contribution in [1.82, 2.24) is 15.1 Å². The highest BCUT2D eigenvalue weighted by Gasteiger charge is 2.08. The van der Waals surface area contributed by atoms with Gasteiger partial charge in [0.1, 0.15) is 0 Å². The molecular formula is C12H19N3. The third-order valence-electron chi connectivity index (χ3n) is 2.87. The molecule has 1 N–H and O–H groups in total. The van der Waals surface area contributed by atoms with Crippen LogP contribution in [-0.2, 0) is 13.1 Å². The number of aryl methyl sites for hydroxylation is 1. The fourth-order valence-corrected chi connectivity index (χ4v) is 1.91. The summed E-state index contributed by atoms with van der Waals surface area (Å²) in [6.07, 6.45) is 12.3. The van der Waals surface area contributed by atoms with E-state index < -0.39 is 0 Å². The molecule has 0 saturated carbocycles. The van der Waals surface area contributed by atoms with Gasteiger partial charge in [-0.3, -0.25) is 4.68 Å². The molecule has 2 rings (SSSR count). The minimum absolute atomic E-state index is 0.653. The minimum Gasteiger partial charge on any atom is -0.309 e. The Bertz CT molecular complexity index is 327. The molecule has 1 aromatic heterocycles. The van der Waals surface area contributed by atoms with Gasteiger partial charge in [-0.25, -0.2) is 0 Å². The Hall–Kier alpha value is -1.09. The van der Waals surface area contributed by atoms with Gasteiger partial charge < -0.3 is 5.32 Å². The zero-order valence-corrected chi connectivity index (χ0v) is 9.32. The number of rotatable bonds is 4. The zero-order valence-electron chi connectivity index (χ0n) is 9.32. The molecule has 0 bridgehead atoms. The molecule has 0 amide bonds. The molecule has 3 heteroatoms. The summed E-state index contributed by atoms with van der Waals surface area (Å²) in [6, 6.07) is 0.653. The number of allylic oxidation sites excluding steroid dienone is 1. The summed E-state index contributed by atoms with van der Waals surface area (Å²) in [6.45, 7) is 4.00. The second-order valence-corrected chi connectivity index (χ2v) is 4.07. The van der Waals surface area contributed by atoms with Crippen LogP contribution < -0.4 is 5.32 Å². The molecule has 1 aromatic rings. The maximum Gasteiger partial charge on any atom is 0.0534 e. The summed E-state index contributed by atoms with van der Waals surface area (Å²) < 4.78 is 1.97. The zero-order chi connectivity index (χ0) is 10.5. The largest absolute Gasteiger partial charge is 0.309 e. The topological polar surface area (TPSA) is 29.9 Å². The van der Waals surface area contributed by atoms with Crippen molar-refractivity contribution in [2.24, 2.45) is 0 Å². The Morgan fingerprint density at radius 2 is 2.47 bits per heavy atom. The number of nitrogens with one attached hydrogen (secondary N) is 1. The Morgan fingerprint density at radius 3 is 3.13 bits per heavy atom. The van der Waals surface area contributed by atoms with Crippen molar-refractivity contribution in [2.75, 3.05) is 0 Å². The molecule has 1 heterocycles. The van der Waals surface area contributed by atoms with E-state index in [1.165, 1.54) is 24.8 Å². The van der Waals surface area contributed by atoms with Crippen molar-refractivity contribution in [3.05, 3.63) is 30.1 Å². The second kappa shape index (κ2) is 5.12. The van der Waals surface area contributed by atoms with Crippen LogP contribution in [0.5, 0.6) is 0 Å². The van der Waals surface area contributed by atoms with Crippen LogP contribution >= 0.6 is 0 Å². The van der Waals surface area contributed by atoms with Crippen molar-refractivity contribution >= 4 is 0 Å². The van der Waals surface area contributed by atoms with E-state index in [0.717, 1.165) is 13.1 Å². The maximum absolute atomic E-state index is 4.26. The van der Waals surface area contributed by atoms with Crippen molar-refractivity contribution in [3.8, 4) is 0 Å². The molecule has 3 nitrogen and oxygen atoms in total. The lowest BCUT2D eigenvalue weighted by molar-refractivity contribution is 0.474. The first kappa shape index (κ1) is 10.4. The van der Waals surface area contributed by atoms with Crippen molar-refractivity contribution < 1.29 is 0 Å². The quantitative estimate of drug-likeness (QED) is 0.763. The molecule has 0 spiro atoms. The van der Waals surface area contributed by atoms with Crippen LogP contribution in [-0.4, -0.2) is 15.8 Å². The Balaban J connectivity index is 1.79. The van der Waals surface area contributed by atoms with E-state index in [2.05, 4.69) is 35.7 Å².